The predicted octanol–water partition coefficient (Wildman–Crippen LogP) is 5.69. The number of carbonyl (C=O) groups is 2. The molecule has 1 heterocycles. The Morgan fingerprint density at radius 2 is 1.58 bits per heavy atom. The molecule has 8 nitrogen and oxygen atoms in total. The summed E-state index contributed by atoms with van der Waals surface area (Å²) in [5.41, 5.74) is 3.92. The van der Waals surface area contributed by atoms with E-state index in [2.05, 4.69) is 25.7 Å². The summed E-state index contributed by atoms with van der Waals surface area (Å²) in [5.74, 6) is 0.533. The molecule has 0 aliphatic carbocycles. The molecule has 184 valence electrons. The number of rotatable bonds is 8. The number of methoxy groups -OCH3 is 1. The van der Waals surface area contributed by atoms with Gasteiger partial charge < -0.3 is 20.4 Å². The van der Waals surface area contributed by atoms with Gasteiger partial charge in [0.15, 0.2) is 0 Å². The van der Waals surface area contributed by atoms with Crippen molar-refractivity contribution in [3.05, 3.63) is 107 Å². The molecule has 0 saturated carbocycles. The molecule has 0 unspecified atom stereocenters. The predicted molar refractivity (Wildman–Crippen MR) is 140 cm³/mol. The Balaban J connectivity index is 1.52. The second-order valence-electron chi connectivity index (χ2n) is 8.03. The summed E-state index contributed by atoms with van der Waals surface area (Å²) in [4.78, 5) is 32.0. The number of carbonyl (C=O) groups excluding carboxylic acids is 2. The van der Waals surface area contributed by atoms with E-state index in [9.17, 15) is 9.59 Å². The molecule has 3 amide bonds. The molecule has 36 heavy (non-hydrogen) atoms. The fourth-order valence-corrected chi connectivity index (χ4v) is 3.91. The van der Waals surface area contributed by atoms with Gasteiger partial charge in [-0.15, -0.1) is 0 Å². The summed E-state index contributed by atoms with van der Waals surface area (Å²) in [6, 6.07) is 25.8. The highest BCUT2D eigenvalue weighted by molar-refractivity contribution is 6.31. The zero-order valence-corrected chi connectivity index (χ0v) is 20.4. The summed E-state index contributed by atoms with van der Waals surface area (Å²) in [6.07, 6.45) is -0.0339. The van der Waals surface area contributed by atoms with Gasteiger partial charge >= 0.3 is 12.1 Å². The number of hydrogen-bond donors (Lipinski definition) is 4. The average molecular weight is 504 g/mol. The highest BCUT2D eigenvalue weighted by Gasteiger charge is 2.21. The van der Waals surface area contributed by atoms with Gasteiger partial charge in [-0.1, -0.05) is 84.4 Å². The minimum Gasteiger partial charge on any atom is -0.453 e. The number of H-pyrrole nitrogens is 1. The van der Waals surface area contributed by atoms with Gasteiger partial charge in [-0.2, -0.15) is 0 Å². The van der Waals surface area contributed by atoms with E-state index in [4.69, 9.17) is 16.6 Å². The van der Waals surface area contributed by atoms with Crippen molar-refractivity contribution >= 4 is 29.4 Å². The van der Waals surface area contributed by atoms with E-state index >= 15 is 0 Å². The second kappa shape index (κ2) is 11.9. The van der Waals surface area contributed by atoms with Crippen LogP contribution in [0.25, 0.3) is 11.3 Å². The molecule has 4 aromatic rings. The van der Waals surface area contributed by atoms with Crippen molar-refractivity contribution in [3.8, 4) is 11.3 Å². The monoisotopic (exact) mass is 503 g/mol. The third kappa shape index (κ3) is 6.64. The molecule has 0 aliphatic heterocycles. The normalized spacial score (nSPS) is 11.4. The number of aromatic amines is 1. The number of nitrogens with zero attached hydrogens (tertiary/aromatic N) is 1. The molecule has 0 saturated heterocycles. The first-order valence-corrected chi connectivity index (χ1v) is 11.7. The lowest BCUT2D eigenvalue weighted by Gasteiger charge is -2.17. The van der Waals surface area contributed by atoms with Crippen LogP contribution in [0.4, 0.5) is 15.3 Å². The Labute approximate surface area is 214 Å². The van der Waals surface area contributed by atoms with Crippen LogP contribution in [0.2, 0.25) is 5.15 Å². The summed E-state index contributed by atoms with van der Waals surface area (Å²) < 4.78 is 4.61. The molecule has 1 aromatic heterocycles. The molecule has 4 N–H and O–H groups in total. The van der Waals surface area contributed by atoms with Crippen LogP contribution in [-0.2, 0) is 17.7 Å². The van der Waals surface area contributed by atoms with Crippen molar-refractivity contribution in [2.24, 2.45) is 0 Å². The third-order valence-electron chi connectivity index (χ3n) is 5.48. The zero-order valence-electron chi connectivity index (χ0n) is 19.6. The SMILES string of the molecule is COC(=O)Nc1ccc(-c2nc([C@H](Cc3ccccc3)NC(=O)NCc3ccccc3)[nH]c2Cl)cc1. The molecule has 0 fully saturated rings. The molecule has 0 aliphatic rings. The molecule has 4 rings (SSSR count). The highest BCUT2D eigenvalue weighted by atomic mass is 35.5. The van der Waals surface area contributed by atoms with Gasteiger partial charge in [0.05, 0.1) is 13.2 Å². The first kappa shape index (κ1) is 24.8. The first-order valence-electron chi connectivity index (χ1n) is 11.3. The average Bonchev–Trinajstić information content (AvgIpc) is 3.30. The molecule has 9 heteroatoms. The van der Waals surface area contributed by atoms with Gasteiger partial charge in [-0.3, -0.25) is 5.32 Å². The topological polar surface area (TPSA) is 108 Å². The summed E-state index contributed by atoms with van der Waals surface area (Å²) in [5, 5.41) is 8.87. The van der Waals surface area contributed by atoms with Gasteiger partial charge in [0.1, 0.15) is 16.7 Å². The van der Waals surface area contributed by atoms with Gasteiger partial charge in [-0.05, 0) is 29.7 Å². The van der Waals surface area contributed by atoms with E-state index in [0.717, 1.165) is 16.7 Å². The summed E-state index contributed by atoms with van der Waals surface area (Å²) in [6.45, 7) is 0.404. The maximum Gasteiger partial charge on any atom is 0.411 e. The number of benzene rings is 3. The van der Waals surface area contributed by atoms with Crippen LogP contribution >= 0.6 is 11.6 Å². The highest BCUT2D eigenvalue weighted by Crippen LogP contribution is 2.29. The number of urea groups is 1. The van der Waals surface area contributed by atoms with E-state index in [1.807, 2.05) is 60.7 Å². The Morgan fingerprint density at radius 3 is 2.22 bits per heavy atom. The summed E-state index contributed by atoms with van der Waals surface area (Å²) >= 11 is 6.51. The molecule has 0 spiro atoms. The fraction of sp³-hybridized carbons (Fsp3) is 0.148. The molecular weight excluding hydrogens is 478 g/mol. The van der Waals surface area contributed by atoms with Crippen molar-refractivity contribution in [2.45, 2.75) is 19.0 Å². The lowest BCUT2D eigenvalue weighted by Crippen LogP contribution is -2.38. The Kier molecular flexibility index (Phi) is 8.20. The fourth-order valence-electron chi connectivity index (χ4n) is 3.66. The van der Waals surface area contributed by atoms with Gasteiger partial charge in [0.25, 0.3) is 0 Å². The molecule has 0 bridgehead atoms. The number of halogens is 1. The molecule has 1 atom stereocenters. The number of hydrogen-bond acceptors (Lipinski definition) is 4. The molecule has 0 radical (unpaired) electrons. The Hall–Kier alpha value is -4.30. The van der Waals surface area contributed by atoms with E-state index in [-0.39, 0.29) is 6.03 Å². The quantitative estimate of drug-likeness (QED) is 0.247. The first-order chi connectivity index (χ1) is 17.5. The van der Waals surface area contributed by atoms with Crippen LogP contribution in [0.3, 0.4) is 0 Å². The standard InChI is InChI=1S/C27H26ClN5O3/c1-36-27(35)30-21-14-12-20(13-15-21)23-24(28)33-25(32-23)22(16-18-8-4-2-5-9-18)31-26(34)29-17-19-10-6-3-7-11-19/h2-15,22H,16-17H2,1H3,(H,30,35)(H,32,33)(H2,29,31,34)/t22-/m0/s1. The van der Waals surface area contributed by atoms with Crippen molar-refractivity contribution < 1.29 is 14.3 Å². The Morgan fingerprint density at radius 1 is 0.944 bits per heavy atom. The van der Waals surface area contributed by atoms with Crippen LogP contribution in [0.1, 0.15) is 23.0 Å². The largest absolute Gasteiger partial charge is 0.453 e. The van der Waals surface area contributed by atoms with Crippen LogP contribution in [0.15, 0.2) is 84.9 Å². The van der Waals surface area contributed by atoms with Crippen LogP contribution < -0.4 is 16.0 Å². The van der Waals surface area contributed by atoms with Crippen molar-refractivity contribution in [2.75, 3.05) is 12.4 Å². The molecular formula is C27H26ClN5O3. The number of aromatic nitrogens is 2. The van der Waals surface area contributed by atoms with Crippen molar-refractivity contribution in [1.29, 1.82) is 0 Å². The maximum atomic E-state index is 12.8. The minimum absolute atomic E-state index is 0.313. The van der Waals surface area contributed by atoms with Gasteiger partial charge in [0, 0.05) is 17.8 Å². The Bertz CT molecular complexity index is 1290. The van der Waals surface area contributed by atoms with Crippen LogP contribution in [0.5, 0.6) is 0 Å². The lowest BCUT2D eigenvalue weighted by molar-refractivity contribution is 0.187. The van der Waals surface area contributed by atoms with Gasteiger partial charge in [-0.25, -0.2) is 14.6 Å². The lowest BCUT2D eigenvalue weighted by atomic mass is 10.1. The number of amides is 3. The van der Waals surface area contributed by atoms with E-state index < -0.39 is 12.1 Å². The van der Waals surface area contributed by atoms with E-state index in [0.29, 0.717) is 35.3 Å². The number of nitrogens with one attached hydrogen (secondary N) is 4. The third-order valence-corrected chi connectivity index (χ3v) is 5.76. The summed E-state index contributed by atoms with van der Waals surface area (Å²) in [7, 11) is 1.30. The zero-order chi connectivity index (χ0) is 25.3. The van der Waals surface area contributed by atoms with Crippen LogP contribution in [0, 0.1) is 0 Å². The van der Waals surface area contributed by atoms with Crippen molar-refractivity contribution in [1.82, 2.24) is 20.6 Å². The second-order valence-corrected chi connectivity index (χ2v) is 8.41. The van der Waals surface area contributed by atoms with Crippen LogP contribution in [-0.4, -0.2) is 29.2 Å². The number of anilines is 1. The van der Waals surface area contributed by atoms with Gasteiger partial charge in [0.2, 0.25) is 0 Å². The minimum atomic E-state index is -0.553. The maximum absolute atomic E-state index is 12.8. The van der Waals surface area contributed by atoms with E-state index in [1.165, 1.54) is 7.11 Å². The van der Waals surface area contributed by atoms with E-state index in [1.54, 1.807) is 24.3 Å². The van der Waals surface area contributed by atoms with Crippen molar-refractivity contribution in [3.63, 3.8) is 0 Å². The number of ether oxygens (including phenoxy) is 1. The number of imidazole rings is 1. The smallest absolute Gasteiger partial charge is 0.411 e. The molecule has 3 aromatic carbocycles.